The van der Waals surface area contributed by atoms with Gasteiger partial charge in [0.1, 0.15) is 0 Å². The van der Waals surface area contributed by atoms with Crippen LogP contribution < -0.4 is 5.56 Å². The molecule has 3 nitrogen and oxygen atoms in total. The molecule has 0 aliphatic rings. The van der Waals surface area contributed by atoms with Crippen LogP contribution in [-0.4, -0.2) is 9.67 Å². The summed E-state index contributed by atoms with van der Waals surface area (Å²) in [6.07, 6.45) is 0. The first-order valence-electron chi connectivity index (χ1n) is 6.19. The SMILES string of the molecule is CC(C)n1c(=O)c(C(C)(C)O)cc2ccccc21. The Morgan fingerprint density at radius 1 is 1.22 bits per heavy atom. The summed E-state index contributed by atoms with van der Waals surface area (Å²) in [5, 5.41) is 11.1. The van der Waals surface area contributed by atoms with Gasteiger partial charge in [0.25, 0.3) is 5.56 Å². The number of aliphatic hydroxyl groups is 1. The zero-order valence-corrected chi connectivity index (χ0v) is 11.3. The highest BCUT2D eigenvalue weighted by atomic mass is 16.3. The summed E-state index contributed by atoms with van der Waals surface area (Å²) in [5.74, 6) is 0. The molecule has 3 heteroatoms. The monoisotopic (exact) mass is 245 g/mol. The van der Waals surface area contributed by atoms with Gasteiger partial charge in [-0.15, -0.1) is 0 Å². The van der Waals surface area contributed by atoms with Crippen molar-refractivity contribution in [3.8, 4) is 0 Å². The lowest BCUT2D eigenvalue weighted by molar-refractivity contribution is 0.0766. The molecule has 1 heterocycles. The van der Waals surface area contributed by atoms with Gasteiger partial charge in [0.05, 0.1) is 11.1 Å². The van der Waals surface area contributed by atoms with Gasteiger partial charge in [-0.05, 0) is 45.2 Å². The Morgan fingerprint density at radius 2 is 1.83 bits per heavy atom. The molecule has 0 bridgehead atoms. The lowest BCUT2D eigenvalue weighted by Crippen LogP contribution is -2.32. The number of hydrogen-bond donors (Lipinski definition) is 1. The maximum absolute atomic E-state index is 12.5. The lowest BCUT2D eigenvalue weighted by atomic mass is 9.97. The minimum absolute atomic E-state index is 0.0599. The molecule has 0 saturated heterocycles. The van der Waals surface area contributed by atoms with Gasteiger partial charge in [-0.2, -0.15) is 0 Å². The van der Waals surface area contributed by atoms with Crippen molar-refractivity contribution >= 4 is 10.9 Å². The second kappa shape index (κ2) is 4.25. The first kappa shape index (κ1) is 12.8. The zero-order chi connectivity index (χ0) is 13.5. The number of nitrogens with zero attached hydrogens (tertiary/aromatic N) is 1. The summed E-state index contributed by atoms with van der Waals surface area (Å²) in [6, 6.07) is 9.60. The van der Waals surface area contributed by atoms with E-state index < -0.39 is 5.60 Å². The maximum Gasteiger partial charge on any atom is 0.257 e. The topological polar surface area (TPSA) is 42.2 Å². The maximum atomic E-state index is 12.5. The fraction of sp³-hybridized carbons (Fsp3) is 0.400. The molecule has 0 saturated carbocycles. The highest BCUT2D eigenvalue weighted by Crippen LogP contribution is 2.22. The van der Waals surface area contributed by atoms with Crippen molar-refractivity contribution < 1.29 is 5.11 Å². The number of hydrogen-bond acceptors (Lipinski definition) is 2. The second-order valence-corrected chi connectivity index (χ2v) is 5.44. The first-order valence-corrected chi connectivity index (χ1v) is 6.19. The number of para-hydroxylation sites is 1. The molecule has 0 spiro atoms. The van der Waals surface area contributed by atoms with E-state index in [2.05, 4.69) is 0 Å². The molecule has 0 amide bonds. The Labute approximate surface area is 107 Å². The Kier molecular flexibility index (Phi) is 3.03. The number of fused-ring (bicyclic) bond motifs is 1. The quantitative estimate of drug-likeness (QED) is 0.884. The van der Waals surface area contributed by atoms with Crippen molar-refractivity contribution in [1.29, 1.82) is 0 Å². The van der Waals surface area contributed by atoms with Gasteiger partial charge in [0.2, 0.25) is 0 Å². The largest absolute Gasteiger partial charge is 0.386 e. The molecule has 96 valence electrons. The molecule has 0 atom stereocenters. The summed E-state index contributed by atoms with van der Waals surface area (Å²) in [7, 11) is 0. The number of benzene rings is 1. The molecular formula is C15H19NO2. The molecule has 0 fully saturated rings. The van der Waals surface area contributed by atoms with Crippen LogP contribution in [0.5, 0.6) is 0 Å². The first-order chi connectivity index (χ1) is 8.32. The third kappa shape index (κ3) is 2.06. The Hall–Kier alpha value is -1.61. The van der Waals surface area contributed by atoms with Crippen LogP contribution in [0.3, 0.4) is 0 Å². The second-order valence-electron chi connectivity index (χ2n) is 5.44. The molecular weight excluding hydrogens is 226 g/mol. The van der Waals surface area contributed by atoms with Crippen molar-refractivity contribution in [1.82, 2.24) is 4.57 Å². The summed E-state index contributed by atoms with van der Waals surface area (Å²) >= 11 is 0. The fourth-order valence-electron chi connectivity index (χ4n) is 2.24. The van der Waals surface area contributed by atoms with Crippen molar-refractivity contribution in [2.45, 2.75) is 39.3 Å². The lowest BCUT2D eigenvalue weighted by Gasteiger charge is -2.22. The van der Waals surface area contributed by atoms with Crippen molar-refractivity contribution in [2.75, 3.05) is 0 Å². The third-order valence-corrected chi connectivity index (χ3v) is 3.12. The van der Waals surface area contributed by atoms with Crippen molar-refractivity contribution in [3.05, 3.63) is 46.2 Å². The van der Waals surface area contributed by atoms with Gasteiger partial charge in [-0.25, -0.2) is 0 Å². The summed E-state index contributed by atoms with van der Waals surface area (Å²) in [5.41, 5.74) is 0.106. The van der Waals surface area contributed by atoms with Crippen LogP contribution in [0, 0.1) is 0 Å². The Morgan fingerprint density at radius 3 is 2.39 bits per heavy atom. The third-order valence-electron chi connectivity index (χ3n) is 3.12. The van der Waals surface area contributed by atoms with Crippen molar-refractivity contribution in [3.63, 3.8) is 0 Å². The van der Waals surface area contributed by atoms with Crippen molar-refractivity contribution in [2.24, 2.45) is 0 Å². The van der Waals surface area contributed by atoms with E-state index in [0.29, 0.717) is 5.56 Å². The zero-order valence-electron chi connectivity index (χ0n) is 11.3. The number of aromatic nitrogens is 1. The van der Waals surface area contributed by atoms with Crippen LogP contribution in [-0.2, 0) is 5.60 Å². The minimum Gasteiger partial charge on any atom is -0.386 e. The summed E-state index contributed by atoms with van der Waals surface area (Å²) < 4.78 is 1.74. The van der Waals surface area contributed by atoms with Crippen LogP contribution in [0.25, 0.3) is 10.9 Å². The smallest absolute Gasteiger partial charge is 0.257 e. The number of pyridine rings is 1. The van der Waals surface area contributed by atoms with Gasteiger partial charge in [-0.1, -0.05) is 18.2 Å². The molecule has 0 radical (unpaired) electrons. The molecule has 0 aliphatic carbocycles. The van der Waals surface area contributed by atoms with Crippen LogP contribution in [0.1, 0.15) is 39.3 Å². The van der Waals surface area contributed by atoms with Gasteiger partial charge >= 0.3 is 0 Å². The standard InChI is InChI=1S/C15H19NO2/c1-10(2)16-13-8-6-5-7-11(13)9-12(14(16)17)15(3,4)18/h5-10,18H,1-4H3. The van der Waals surface area contributed by atoms with E-state index in [-0.39, 0.29) is 11.6 Å². The van der Waals surface area contributed by atoms with E-state index in [0.717, 1.165) is 10.9 Å². The average Bonchev–Trinajstić information content (AvgIpc) is 2.26. The van der Waals surface area contributed by atoms with E-state index in [1.807, 2.05) is 38.1 Å². The molecule has 1 aromatic heterocycles. The van der Waals surface area contributed by atoms with Gasteiger partial charge < -0.3 is 9.67 Å². The minimum atomic E-state index is -1.13. The molecule has 1 aromatic carbocycles. The normalized spacial score (nSPS) is 12.3. The van der Waals surface area contributed by atoms with E-state index in [4.69, 9.17) is 0 Å². The molecule has 2 rings (SSSR count). The predicted molar refractivity (Wildman–Crippen MR) is 73.8 cm³/mol. The molecule has 0 unspecified atom stereocenters. The van der Waals surface area contributed by atoms with Gasteiger partial charge in [0, 0.05) is 11.6 Å². The summed E-state index contributed by atoms with van der Waals surface area (Å²) in [4.78, 5) is 12.5. The predicted octanol–water partition coefficient (Wildman–Crippen LogP) is 2.81. The Bertz CT molecular complexity index is 633. The number of rotatable bonds is 2. The molecule has 2 aromatic rings. The van der Waals surface area contributed by atoms with Crippen LogP contribution in [0.15, 0.2) is 35.1 Å². The Balaban J connectivity index is 2.94. The van der Waals surface area contributed by atoms with Crippen LogP contribution >= 0.6 is 0 Å². The van der Waals surface area contributed by atoms with Crippen LogP contribution in [0.2, 0.25) is 0 Å². The molecule has 1 N–H and O–H groups in total. The molecule has 18 heavy (non-hydrogen) atoms. The highest BCUT2D eigenvalue weighted by Gasteiger charge is 2.23. The van der Waals surface area contributed by atoms with Gasteiger partial charge in [0.15, 0.2) is 0 Å². The highest BCUT2D eigenvalue weighted by molar-refractivity contribution is 5.79. The van der Waals surface area contributed by atoms with E-state index >= 15 is 0 Å². The van der Waals surface area contributed by atoms with E-state index in [1.54, 1.807) is 24.5 Å². The van der Waals surface area contributed by atoms with Gasteiger partial charge in [-0.3, -0.25) is 4.79 Å². The fourth-order valence-corrected chi connectivity index (χ4v) is 2.24. The van der Waals surface area contributed by atoms with Crippen LogP contribution in [0.4, 0.5) is 0 Å². The van der Waals surface area contributed by atoms with E-state index in [9.17, 15) is 9.90 Å². The summed E-state index contributed by atoms with van der Waals surface area (Å²) in [6.45, 7) is 7.23. The average molecular weight is 245 g/mol. The van der Waals surface area contributed by atoms with E-state index in [1.165, 1.54) is 0 Å². The molecule has 0 aliphatic heterocycles.